The van der Waals surface area contributed by atoms with E-state index in [1.165, 1.54) is 0 Å². The topological polar surface area (TPSA) is 70.0 Å². The van der Waals surface area contributed by atoms with Crippen LogP contribution in [0.1, 0.15) is 49.4 Å². The van der Waals surface area contributed by atoms with Crippen molar-refractivity contribution in [2.24, 2.45) is 5.92 Å². The van der Waals surface area contributed by atoms with E-state index in [4.69, 9.17) is 0 Å². The highest BCUT2D eigenvalue weighted by molar-refractivity contribution is 6.00. The van der Waals surface area contributed by atoms with Crippen molar-refractivity contribution in [1.82, 2.24) is 24.5 Å². The van der Waals surface area contributed by atoms with Gasteiger partial charge in [0, 0.05) is 31.7 Å². The van der Waals surface area contributed by atoms with Crippen LogP contribution in [0, 0.1) is 5.92 Å². The first-order valence-electron chi connectivity index (χ1n) is 11.5. The number of halogens is 3. The minimum Gasteiger partial charge on any atom is -0.350 e. The minimum absolute atomic E-state index is 0.0627. The van der Waals surface area contributed by atoms with Crippen molar-refractivity contribution in [2.75, 3.05) is 26.2 Å². The molecule has 0 radical (unpaired) electrons. The molecule has 2 aromatic rings. The molecule has 0 spiro atoms. The van der Waals surface area contributed by atoms with E-state index in [9.17, 15) is 22.8 Å². The Bertz CT molecular complexity index is 986. The summed E-state index contributed by atoms with van der Waals surface area (Å²) in [5.41, 5.74) is 1.16. The van der Waals surface area contributed by atoms with E-state index >= 15 is 0 Å². The number of aromatic nitrogens is 2. The number of carbonyl (C=O) groups is 2. The van der Waals surface area contributed by atoms with Crippen molar-refractivity contribution in [2.45, 2.75) is 57.3 Å². The van der Waals surface area contributed by atoms with E-state index in [0.29, 0.717) is 24.0 Å². The second-order valence-corrected chi connectivity index (χ2v) is 9.10. The Kier molecular flexibility index (Phi) is 6.92. The van der Waals surface area contributed by atoms with Gasteiger partial charge in [-0.05, 0) is 63.7 Å². The maximum absolute atomic E-state index is 13.3. The van der Waals surface area contributed by atoms with Gasteiger partial charge in [0.2, 0.25) is 5.91 Å². The Morgan fingerprint density at radius 3 is 2.73 bits per heavy atom. The van der Waals surface area contributed by atoms with Crippen LogP contribution < -0.4 is 5.32 Å². The molecule has 4 rings (SSSR count). The van der Waals surface area contributed by atoms with Crippen molar-refractivity contribution < 1.29 is 22.8 Å². The van der Waals surface area contributed by atoms with Gasteiger partial charge in [-0.3, -0.25) is 14.5 Å². The maximum Gasteiger partial charge on any atom is 0.389 e. The number of hydrogen-bond donors (Lipinski definition) is 1. The van der Waals surface area contributed by atoms with E-state index in [0.717, 1.165) is 25.9 Å². The van der Waals surface area contributed by atoms with Gasteiger partial charge in [-0.2, -0.15) is 13.2 Å². The fourth-order valence-electron chi connectivity index (χ4n) is 4.94. The van der Waals surface area contributed by atoms with E-state index in [2.05, 4.69) is 15.2 Å². The van der Waals surface area contributed by atoms with Crippen LogP contribution in [0.2, 0.25) is 0 Å². The quantitative estimate of drug-likeness (QED) is 0.712. The van der Waals surface area contributed by atoms with E-state index in [1.54, 1.807) is 40.2 Å². The highest BCUT2D eigenvalue weighted by Crippen LogP contribution is 2.30. The summed E-state index contributed by atoms with van der Waals surface area (Å²) in [7, 11) is 0. The Morgan fingerprint density at radius 1 is 1.24 bits per heavy atom. The third-order valence-corrected chi connectivity index (χ3v) is 6.92. The number of hydrogen-bond acceptors (Lipinski definition) is 4. The van der Waals surface area contributed by atoms with Crippen molar-refractivity contribution in [3.8, 4) is 0 Å². The lowest BCUT2D eigenvalue weighted by molar-refractivity contribution is -0.139. The summed E-state index contributed by atoms with van der Waals surface area (Å²) in [6.07, 6.45) is 2.30. The molecule has 3 atom stereocenters. The predicted molar refractivity (Wildman–Crippen MR) is 117 cm³/mol. The Morgan fingerprint density at radius 2 is 2.00 bits per heavy atom. The zero-order valence-electron chi connectivity index (χ0n) is 18.7. The number of nitrogens with one attached hydrogen (secondary N) is 1. The summed E-state index contributed by atoms with van der Waals surface area (Å²) in [5.74, 6) is -0.732. The van der Waals surface area contributed by atoms with Crippen LogP contribution in [0.5, 0.6) is 0 Å². The van der Waals surface area contributed by atoms with Crippen LogP contribution in [0.4, 0.5) is 13.2 Å². The van der Waals surface area contributed by atoms with Gasteiger partial charge in [0.05, 0.1) is 29.6 Å². The Labute approximate surface area is 190 Å². The number of imidazole rings is 1. The fraction of sp³-hybridized carbons (Fsp3) is 0.609. The Balaban J connectivity index is 1.49. The highest BCUT2D eigenvalue weighted by atomic mass is 19.4. The molecule has 0 saturated carbocycles. The summed E-state index contributed by atoms with van der Waals surface area (Å²) >= 11 is 0. The lowest BCUT2D eigenvalue weighted by Crippen LogP contribution is -2.57. The molecule has 2 saturated heterocycles. The summed E-state index contributed by atoms with van der Waals surface area (Å²) in [4.78, 5) is 34.0. The van der Waals surface area contributed by atoms with E-state index in [-0.39, 0.29) is 36.7 Å². The molecule has 180 valence electrons. The number of amides is 2. The number of alkyl halides is 3. The number of nitrogens with zero attached hydrogens (tertiary/aromatic N) is 4. The molecule has 0 bridgehead atoms. The van der Waals surface area contributed by atoms with Gasteiger partial charge in [0.25, 0.3) is 5.91 Å². The molecule has 0 aliphatic carbocycles. The molecule has 0 unspecified atom stereocenters. The number of rotatable bonds is 6. The van der Waals surface area contributed by atoms with Gasteiger partial charge in [0.1, 0.15) is 0 Å². The zero-order valence-corrected chi connectivity index (χ0v) is 18.7. The molecular weight excluding hydrogens is 435 g/mol. The van der Waals surface area contributed by atoms with E-state index in [1.807, 2.05) is 6.92 Å². The number of fused-ring (bicyclic) bond motifs is 1. The van der Waals surface area contributed by atoms with Gasteiger partial charge in [-0.1, -0.05) is 0 Å². The molecule has 2 fully saturated rings. The summed E-state index contributed by atoms with van der Waals surface area (Å²) in [6.45, 7) is 4.06. The van der Waals surface area contributed by atoms with Gasteiger partial charge in [-0.25, -0.2) is 4.98 Å². The van der Waals surface area contributed by atoms with Crippen molar-refractivity contribution in [1.29, 1.82) is 0 Å². The van der Waals surface area contributed by atoms with E-state index < -0.39 is 18.6 Å². The van der Waals surface area contributed by atoms with Crippen LogP contribution in [0.3, 0.4) is 0 Å². The molecule has 2 aliphatic heterocycles. The monoisotopic (exact) mass is 465 g/mol. The average Bonchev–Trinajstić information content (AvgIpc) is 3.48. The van der Waals surface area contributed by atoms with Crippen molar-refractivity contribution in [3.63, 3.8) is 0 Å². The molecular formula is C23H30F3N5O2. The molecule has 10 heteroatoms. The van der Waals surface area contributed by atoms with Crippen LogP contribution in [-0.2, 0) is 4.79 Å². The predicted octanol–water partition coefficient (Wildman–Crippen LogP) is 3.11. The molecule has 7 nitrogen and oxygen atoms in total. The largest absolute Gasteiger partial charge is 0.389 e. The molecule has 1 N–H and O–H groups in total. The second kappa shape index (κ2) is 9.70. The molecule has 2 aliphatic rings. The van der Waals surface area contributed by atoms with Crippen LogP contribution in [-0.4, -0.2) is 75.4 Å². The number of pyridine rings is 1. The summed E-state index contributed by atoms with van der Waals surface area (Å²) in [6, 6.07) is 2.61. The van der Waals surface area contributed by atoms with Gasteiger partial charge < -0.3 is 14.6 Å². The van der Waals surface area contributed by atoms with Gasteiger partial charge in [0.15, 0.2) is 0 Å². The molecule has 0 aromatic carbocycles. The lowest BCUT2D eigenvalue weighted by atomic mass is 9.87. The SMILES string of the molecule is C[C@H](C(=O)N[C@@H]1CN(C(=O)c2cccn3cncc23)CC[C@H]1CCC(F)(F)F)N1CCCC1. The first kappa shape index (κ1) is 23.5. The molecule has 2 amide bonds. The molecule has 4 heterocycles. The third kappa shape index (κ3) is 5.48. The first-order chi connectivity index (χ1) is 15.7. The van der Waals surface area contributed by atoms with Gasteiger partial charge >= 0.3 is 6.18 Å². The Hall–Kier alpha value is -2.62. The summed E-state index contributed by atoms with van der Waals surface area (Å²) in [5, 5.41) is 2.99. The molecule has 2 aromatic heterocycles. The normalized spacial score (nSPS) is 23.1. The number of likely N-dealkylation sites (tertiary alicyclic amines) is 2. The zero-order chi connectivity index (χ0) is 23.6. The average molecular weight is 466 g/mol. The standard InChI is InChI=1S/C23H30F3N5O2/c1-16(29-9-2-3-10-29)21(32)28-19-14-30(12-7-17(19)6-8-23(24,25)26)22(33)18-5-4-11-31-15-27-13-20(18)31/h4-5,11,13,15-17,19H,2-3,6-10,12,14H2,1H3,(H,28,32)/t16-,17-,19-/m1/s1. The third-order valence-electron chi connectivity index (χ3n) is 6.92. The van der Waals surface area contributed by atoms with Crippen LogP contribution in [0.15, 0.2) is 30.9 Å². The second-order valence-electron chi connectivity index (χ2n) is 9.10. The maximum atomic E-state index is 13.3. The first-order valence-corrected chi connectivity index (χ1v) is 11.5. The minimum atomic E-state index is -4.25. The molecule has 33 heavy (non-hydrogen) atoms. The van der Waals surface area contributed by atoms with Crippen LogP contribution >= 0.6 is 0 Å². The lowest BCUT2D eigenvalue weighted by Gasteiger charge is -2.40. The van der Waals surface area contributed by atoms with Gasteiger partial charge in [-0.15, -0.1) is 0 Å². The van der Waals surface area contributed by atoms with Crippen molar-refractivity contribution >= 4 is 17.3 Å². The summed E-state index contributed by atoms with van der Waals surface area (Å²) < 4.78 is 40.5. The highest BCUT2D eigenvalue weighted by Gasteiger charge is 2.37. The number of carbonyl (C=O) groups excluding carboxylic acids is 2. The fourth-order valence-corrected chi connectivity index (χ4v) is 4.94. The van der Waals surface area contributed by atoms with Crippen LogP contribution in [0.25, 0.3) is 5.52 Å². The van der Waals surface area contributed by atoms with Crippen molar-refractivity contribution in [3.05, 3.63) is 36.4 Å². The smallest absolute Gasteiger partial charge is 0.350 e. The number of piperidine rings is 1.